The van der Waals surface area contributed by atoms with Gasteiger partial charge in [0.15, 0.2) is 0 Å². The number of likely N-dealkylation sites (tertiary alicyclic amines) is 1. The highest BCUT2D eigenvalue weighted by Crippen LogP contribution is 2.31. The van der Waals surface area contributed by atoms with Crippen LogP contribution in [0.5, 0.6) is 5.75 Å². The van der Waals surface area contributed by atoms with Gasteiger partial charge in [-0.2, -0.15) is 0 Å². The number of phenols is 1. The van der Waals surface area contributed by atoms with E-state index >= 15 is 0 Å². The number of nitrogens with one attached hydrogen (secondary N) is 1. The third kappa shape index (κ3) is 3.22. The van der Waals surface area contributed by atoms with Crippen LogP contribution in [0.4, 0.5) is 4.39 Å². The standard InChI is InChI=1S/C17H25FN2O/c1-12(15-5-4-14(21)11-16(15)18)20-9-6-13(7-10-20)17-3-2-8-19-17/h4-5,11-13,17,19,21H,2-3,6-10H2,1H3. The third-order valence-corrected chi connectivity index (χ3v) is 5.22. The zero-order valence-corrected chi connectivity index (χ0v) is 12.7. The van der Waals surface area contributed by atoms with Gasteiger partial charge in [-0.25, -0.2) is 4.39 Å². The van der Waals surface area contributed by atoms with Gasteiger partial charge in [-0.05, 0) is 64.2 Å². The summed E-state index contributed by atoms with van der Waals surface area (Å²) in [6, 6.07) is 5.27. The SMILES string of the molecule is CC(c1ccc(O)cc1F)N1CCC(C2CCCN2)CC1. The highest BCUT2D eigenvalue weighted by atomic mass is 19.1. The summed E-state index contributed by atoms with van der Waals surface area (Å²) in [7, 11) is 0. The van der Waals surface area contributed by atoms with Crippen molar-refractivity contribution >= 4 is 0 Å². The molecule has 0 aromatic heterocycles. The van der Waals surface area contributed by atoms with Crippen LogP contribution in [0, 0.1) is 11.7 Å². The Labute approximate surface area is 126 Å². The minimum absolute atomic E-state index is 0.00512. The summed E-state index contributed by atoms with van der Waals surface area (Å²) < 4.78 is 14.0. The fourth-order valence-electron chi connectivity index (χ4n) is 3.87. The summed E-state index contributed by atoms with van der Waals surface area (Å²) in [4.78, 5) is 2.36. The van der Waals surface area contributed by atoms with Gasteiger partial charge in [0.25, 0.3) is 0 Å². The second kappa shape index (κ2) is 6.32. The monoisotopic (exact) mass is 292 g/mol. The Morgan fingerprint density at radius 3 is 2.67 bits per heavy atom. The minimum atomic E-state index is -0.304. The lowest BCUT2D eigenvalue weighted by atomic mass is 9.87. The lowest BCUT2D eigenvalue weighted by Crippen LogP contribution is -2.41. The zero-order chi connectivity index (χ0) is 14.8. The van der Waals surface area contributed by atoms with Crippen molar-refractivity contribution in [3.63, 3.8) is 0 Å². The van der Waals surface area contributed by atoms with E-state index in [9.17, 15) is 9.50 Å². The molecule has 0 amide bonds. The molecule has 2 fully saturated rings. The largest absolute Gasteiger partial charge is 0.508 e. The van der Waals surface area contributed by atoms with Gasteiger partial charge in [-0.1, -0.05) is 6.07 Å². The van der Waals surface area contributed by atoms with E-state index in [1.54, 1.807) is 12.1 Å². The molecule has 2 aliphatic rings. The normalized spacial score (nSPS) is 26.1. The first-order valence-electron chi connectivity index (χ1n) is 8.11. The van der Waals surface area contributed by atoms with Crippen molar-refractivity contribution in [1.82, 2.24) is 10.2 Å². The highest BCUT2D eigenvalue weighted by Gasteiger charge is 2.30. The molecule has 1 aromatic carbocycles. The average Bonchev–Trinajstić information content (AvgIpc) is 3.01. The van der Waals surface area contributed by atoms with Gasteiger partial charge in [0.2, 0.25) is 0 Å². The van der Waals surface area contributed by atoms with Crippen LogP contribution < -0.4 is 5.32 Å². The van der Waals surface area contributed by atoms with E-state index in [1.807, 2.05) is 0 Å². The number of hydrogen-bond donors (Lipinski definition) is 2. The van der Waals surface area contributed by atoms with E-state index in [0.717, 1.165) is 19.0 Å². The van der Waals surface area contributed by atoms with Gasteiger partial charge in [-0.3, -0.25) is 4.90 Å². The Morgan fingerprint density at radius 2 is 2.05 bits per heavy atom. The summed E-state index contributed by atoms with van der Waals surface area (Å²) in [6.45, 7) is 5.29. The Hall–Kier alpha value is -1.13. The molecule has 2 atom stereocenters. The summed E-state index contributed by atoms with van der Waals surface area (Å²) in [5.41, 5.74) is 0.685. The summed E-state index contributed by atoms with van der Waals surface area (Å²) in [5.74, 6) is 0.470. The van der Waals surface area contributed by atoms with Gasteiger partial charge < -0.3 is 10.4 Å². The Balaban J connectivity index is 1.60. The van der Waals surface area contributed by atoms with Crippen LogP contribution in [0.1, 0.15) is 44.2 Å². The van der Waals surface area contributed by atoms with Crippen LogP contribution in [0.3, 0.4) is 0 Å². The molecule has 3 nitrogen and oxygen atoms in total. The zero-order valence-electron chi connectivity index (χ0n) is 12.7. The summed E-state index contributed by atoms with van der Waals surface area (Å²) >= 11 is 0. The number of rotatable bonds is 3. The molecule has 0 spiro atoms. The van der Waals surface area contributed by atoms with Crippen molar-refractivity contribution in [2.24, 2.45) is 5.92 Å². The second-order valence-corrected chi connectivity index (χ2v) is 6.46. The molecule has 0 bridgehead atoms. The van der Waals surface area contributed by atoms with Crippen LogP contribution in [-0.2, 0) is 0 Å². The van der Waals surface area contributed by atoms with Gasteiger partial charge in [0.05, 0.1) is 0 Å². The van der Waals surface area contributed by atoms with Crippen molar-refractivity contribution in [3.8, 4) is 5.75 Å². The molecule has 2 saturated heterocycles. The maximum atomic E-state index is 14.0. The molecular formula is C17H25FN2O. The van der Waals surface area contributed by atoms with Gasteiger partial charge in [0.1, 0.15) is 11.6 Å². The molecule has 2 unspecified atom stereocenters. The smallest absolute Gasteiger partial charge is 0.131 e. The second-order valence-electron chi connectivity index (χ2n) is 6.46. The van der Waals surface area contributed by atoms with Crippen molar-refractivity contribution in [2.45, 2.75) is 44.7 Å². The number of aromatic hydroxyl groups is 1. The molecule has 1 aromatic rings. The molecular weight excluding hydrogens is 267 g/mol. The first-order valence-corrected chi connectivity index (χ1v) is 8.11. The van der Waals surface area contributed by atoms with Crippen molar-refractivity contribution in [1.29, 1.82) is 0 Å². The Bertz CT molecular complexity index is 480. The van der Waals surface area contributed by atoms with Crippen LogP contribution in [0.25, 0.3) is 0 Å². The summed E-state index contributed by atoms with van der Waals surface area (Å²) in [5, 5.41) is 12.9. The number of nitrogens with zero attached hydrogens (tertiary/aromatic N) is 1. The molecule has 3 rings (SSSR count). The molecule has 21 heavy (non-hydrogen) atoms. The molecule has 2 aliphatic heterocycles. The van der Waals surface area contributed by atoms with E-state index < -0.39 is 0 Å². The first kappa shape index (κ1) is 14.8. The topological polar surface area (TPSA) is 35.5 Å². The predicted molar refractivity (Wildman–Crippen MR) is 81.8 cm³/mol. The maximum absolute atomic E-state index is 14.0. The van der Waals surface area contributed by atoms with Gasteiger partial charge in [-0.15, -0.1) is 0 Å². The fraction of sp³-hybridized carbons (Fsp3) is 0.647. The van der Waals surface area contributed by atoms with E-state index in [1.165, 1.54) is 38.3 Å². The third-order valence-electron chi connectivity index (χ3n) is 5.22. The van der Waals surface area contributed by atoms with Crippen molar-refractivity contribution in [2.75, 3.05) is 19.6 Å². The van der Waals surface area contributed by atoms with Crippen LogP contribution >= 0.6 is 0 Å². The lowest BCUT2D eigenvalue weighted by Gasteiger charge is -2.38. The molecule has 2 heterocycles. The van der Waals surface area contributed by atoms with Crippen LogP contribution in [-0.4, -0.2) is 35.7 Å². The first-order chi connectivity index (χ1) is 10.1. The molecule has 0 saturated carbocycles. The predicted octanol–water partition coefficient (Wildman–Crippen LogP) is 3.06. The number of phenolic OH excluding ortho intramolecular Hbond substituents is 1. The number of piperidine rings is 1. The van der Waals surface area contributed by atoms with E-state index in [2.05, 4.69) is 17.1 Å². The molecule has 4 heteroatoms. The molecule has 2 N–H and O–H groups in total. The summed E-state index contributed by atoms with van der Waals surface area (Å²) in [6.07, 6.45) is 5.01. The number of halogens is 1. The van der Waals surface area contributed by atoms with E-state index in [4.69, 9.17) is 0 Å². The molecule has 0 radical (unpaired) electrons. The van der Waals surface area contributed by atoms with Crippen molar-refractivity contribution in [3.05, 3.63) is 29.6 Å². The van der Waals surface area contributed by atoms with Gasteiger partial charge >= 0.3 is 0 Å². The molecule has 0 aliphatic carbocycles. The van der Waals surface area contributed by atoms with Gasteiger partial charge in [0, 0.05) is 23.7 Å². The highest BCUT2D eigenvalue weighted by molar-refractivity contribution is 5.29. The van der Waals surface area contributed by atoms with Crippen LogP contribution in [0.2, 0.25) is 0 Å². The van der Waals surface area contributed by atoms with Crippen LogP contribution in [0.15, 0.2) is 18.2 Å². The number of benzene rings is 1. The number of hydrogen-bond acceptors (Lipinski definition) is 3. The quantitative estimate of drug-likeness (QED) is 0.899. The van der Waals surface area contributed by atoms with E-state index in [0.29, 0.717) is 11.6 Å². The Morgan fingerprint density at radius 1 is 1.29 bits per heavy atom. The van der Waals surface area contributed by atoms with Crippen molar-refractivity contribution < 1.29 is 9.50 Å². The Kier molecular flexibility index (Phi) is 4.45. The maximum Gasteiger partial charge on any atom is 0.131 e. The minimum Gasteiger partial charge on any atom is -0.508 e. The average molecular weight is 292 g/mol. The fourth-order valence-corrected chi connectivity index (χ4v) is 3.87. The lowest BCUT2D eigenvalue weighted by molar-refractivity contribution is 0.125. The molecule has 116 valence electrons. The van der Waals surface area contributed by atoms with E-state index in [-0.39, 0.29) is 17.6 Å².